The Balaban J connectivity index is 2.34. The van der Waals surface area contributed by atoms with Crippen molar-refractivity contribution in [2.24, 2.45) is 0 Å². The predicted molar refractivity (Wildman–Crippen MR) is 59.4 cm³/mol. The first kappa shape index (κ1) is 11.6. The minimum atomic E-state index is 0.239. The van der Waals surface area contributed by atoms with Gasteiger partial charge in [0.15, 0.2) is 0 Å². The zero-order chi connectivity index (χ0) is 10.2. The lowest BCUT2D eigenvalue weighted by Crippen LogP contribution is -2.27. The van der Waals surface area contributed by atoms with Gasteiger partial charge >= 0.3 is 0 Å². The van der Waals surface area contributed by atoms with E-state index in [-0.39, 0.29) is 6.61 Å². The molecular formula is C10H18N2OS. The molecule has 1 N–H and O–H groups in total. The summed E-state index contributed by atoms with van der Waals surface area (Å²) < 4.78 is 0. The number of unbranched alkanes of at least 4 members (excludes halogenated alkanes) is 1. The van der Waals surface area contributed by atoms with E-state index in [1.165, 1.54) is 17.7 Å². The van der Waals surface area contributed by atoms with Crippen LogP contribution in [0.15, 0.2) is 11.7 Å². The van der Waals surface area contributed by atoms with E-state index in [1.54, 1.807) is 11.3 Å². The lowest BCUT2D eigenvalue weighted by atomic mass is 10.3. The summed E-state index contributed by atoms with van der Waals surface area (Å²) in [6.45, 7) is 5.17. The van der Waals surface area contributed by atoms with Gasteiger partial charge in [0.05, 0.1) is 12.1 Å². The van der Waals surface area contributed by atoms with Crippen LogP contribution in [0.25, 0.3) is 0 Å². The third kappa shape index (κ3) is 4.17. The van der Waals surface area contributed by atoms with Crippen LogP contribution in [0.5, 0.6) is 0 Å². The Hall–Kier alpha value is -0.450. The number of aliphatic hydroxyl groups is 1. The van der Waals surface area contributed by atoms with Crippen LogP contribution in [-0.4, -0.2) is 34.7 Å². The molecule has 14 heavy (non-hydrogen) atoms. The lowest BCUT2D eigenvalue weighted by Gasteiger charge is -2.19. The van der Waals surface area contributed by atoms with Crippen molar-refractivity contribution >= 4 is 11.3 Å². The number of aromatic nitrogens is 1. The molecule has 0 aliphatic rings. The zero-order valence-electron chi connectivity index (χ0n) is 8.65. The molecule has 3 nitrogen and oxygen atoms in total. The molecule has 0 spiro atoms. The van der Waals surface area contributed by atoms with Gasteiger partial charge in [-0.2, -0.15) is 0 Å². The number of thiazole rings is 1. The number of nitrogens with zero attached hydrogens (tertiary/aromatic N) is 2. The van der Waals surface area contributed by atoms with E-state index in [2.05, 4.69) is 16.8 Å². The topological polar surface area (TPSA) is 36.4 Å². The summed E-state index contributed by atoms with van der Waals surface area (Å²) in [7, 11) is 0. The normalized spacial score (nSPS) is 11.1. The standard InChI is InChI=1S/C10H18N2OS/c1-2-3-4-12(5-6-13)8-10-7-11-9-14-10/h7,9,13H,2-6,8H2,1H3. The van der Waals surface area contributed by atoms with Gasteiger partial charge in [-0.15, -0.1) is 11.3 Å². The maximum absolute atomic E-state index is 8.91. The summed E-state index contributed by atoms with van der Waals surface area (Å²) in [6.07, 6.45) is 4.30. The van der Waals surface area contributed by atoms with E-state index in [0.29, 0.717) is 0 Å². The van der Waals surface area contributed by atoms with Gasteiger partial charge < -0.3 is 5.11 Å². The van der Waals surface area contributed by atoms with Crippen molar-refractivity contribution in [2.45, 2.75) is 26.3 Å². The molecule has 1 aromatic heterocycles. The van der Waals surface area contributed by atoms with Gasteiger partial charge in [0.25, 0.3) is 0 Å². The van der Waals surface area contributed by atoms with E-state index < -0.39 is 0 Å². The monoisotopic (exact) mass is 214 g/mol. The first-order valence-electron chi connectivity index (χ1n) is 5.07. The van der Waals surface area contributed by atoms with Gasteiger partial charge in [0.2, 0.25) is 0 Å². The van der Waals surface area contributed by atoms with Crippen molar-refractivity contribution in [3.63, 3.8) is 0 Å². The molecule has 1 heterocycles. The molecule has 1 aromatic rings. The third-order valence-electron chi connectivity index (χ3n) is 2.11. The molecule has 1 rings (SSSR count). The molecule has 0 saturated heterocycles. The first-order valence-corrected chi connectivity index (χ1v) is 5.95. The van der Waals surface area contributed by atoms with Crippen LogP contribution in [0.2, 0.25) is 0 Å². The van der Waals surface area contributed by atoms with E-state index in [1.807, 2.05) is 11.7 Å². The van der Waals surface area contributed by atoms with Gasteiger partial charge in [-0.3, -0.25) is 9.88 Å². The second-order valence-corrected chi connectivity index (χ2v) is 4.29. The molecule has 0 aliphatic carbocycles. The van der Waals surface area contributed by atoms with Crippen molar-refractivity contribution in [1.29, 1.82) is 0 Å². The number of aliphatic hydroxyl groups excluding tert-OH is 1. The molecule has 0 bridgehead atoms. The van der Waals surface area contributed by atoms with Gasteiger partial charge in [-0.05, 0) is 13.0 Å². The summed E-state index contributed by atoms with van der Waals surface area (Å²) in [5.74, 6) is 0. The number of rotatable bonds is 7. The quantitative estimate of drug-likeness (QED) is 0.751. The van der Waals surface area contributed by atoms with Crippen molar-refractivity contribution in [3.8, 4) is 0 Å². The Morgan fingerprint density at radius 2 is 2.36 bits per heavy atom. The summed E-state index contributed by atoms with van der Waals surface area (Å²) in [4.78, 5) is 7.59. The molecule has 0 atom stereocenters. The van der Waals surface area contributed by atoms with E-state index >= 15 is 0 Å². The van der Waals surface area contributed by atoms with Crippen molar-refractivity contribution in [2.75, 3.05) is 19.7 Å². The maximum Gasteiger partial charge on any atom is 0.0794 e. The second-order valence-electron chi connectivity index (χ2n) is 3.32. The SMILES string of the molecule is CCCCN(CCO)Cc1cncs1. The van der Waals surface area contributed by atoms with E-state index in [9.17, 15) is 0 Å². The molecule has 0 radical (unpaired) electrons. The highest BCUT2D eigenvalue weighted by molar-refractivity contribution is 7.09. The van der Waals surface area contributed by atoms with Crippen LogP contribution >= 0.6 is 11.3 Å². The highest BCUT2D eigenvalue weighted by Gasteiger charge is 2.05. The Labute approximate surface area is 89.4 Å². The van der Waals surface area contributed by atoms with Gasteiger partial charge in [-0.25, -0.2) is 0 Å². The Kier molecular flexibility index (Phi) is 5.75. The zero-order valence-corrected chi connectivity index (χ0v) is 9.46. The summed E-state index contributed by atoms with van der Waals surface area (Å²) in [5.41, 5.74) is 1.85. The summed E-state index contributed by atoms with van der Waals surface area (Å²) in [5, 5.41) is 8.91. The minimum absolute atomic E-state index is 0.239. The summed E-state index contributed by atoms with van der Waals surface area (Å²) in [6, 6.07) is 0. The molecular weight excluding hydrogens is 196 g/mol. The molecule has 0 aliphatic heterocycles. The van der Waals surface area contributed by atoms with Crippen molar-refractivity contribution < 1.29 is 5.11 Å². The average Bonchev–Trinajstić information content (AvgIpc) is 2.67. The van der Waals surface area contributed by atoms with Crippen molar-refractivity contribution in [3.05, 3.63) is 16.6 Å². The molecule has 0 aromatic carbocycles. The highest BCUT2D eigenvalue weighted by Crippen LogP contribution is 2.09. The smallest absolute Gasteiger partial charge is 0.0794 e. The number of hydrogen-bond donors (Lipinski definition) is 1. The average molecular weight is 214 g/mol. The third-order valence-corrected chi connectivity index (χ3v) is 2.87. The van der Waals surface area contributed by atoms with Gasteiger partial charge in [0.1, 0.15) is 0 Å². The van der Waals surface area contributed by atoms with E-state index in [4.69, 9.17) is 5.11 Å². The number of hydrogen-bond acceptors (Lipinski definition) is 4. The molecule has 0 unspecified atom stereocenters. The molecule has 0 amide bonds. The second kappa shape index (κ2) is 6.92. The molecule has 80 valence electrons. The van der Waals surface area contributed by atoms with Crippen LogP contribution in [-0.2, 0) is 6.54 Å². The van der Waals surface area contributed by atoms with Crippen LogP contribution in [0.3, 0.4) is 0 Å². The van der Waals surface area contributed by atoms with Crippen LogP contribution in [0, 0.1) is 0 Å². The van der Waals surface area contributed by atoms with E-state index in [0.717, 1.165) is 19.6 Å². The Morgan fingerprint density at radius 1 is 1.50 bits per heavy atom. The molecule has 4 heteroatoms. The Bertz CT molecular complexity index is 226. The Morgan fingerprint density at radius 3 is 2.93 bits per heavy atom. The van der Waals surface area contributed by atoms with Crippen LogP contribution in [0.4, 0.5) is 0 Å². The van der Waals surface area contributed by atoms with Gasteiger partial charge in [-0.1, -0.05) is 13.3 Å². The fraction of sp³-hybridized carbons (Fsp3) is 0.700. The minimum Gasteiger partial charge on any atom is -0.395 e. The fourth-order valence-corrected chi connectivity index (χ4v) is 1.97. The molecule has 0 fully saturated rings. The lowest BCUT2D eigenvalue weighted by molar-refractivity contribution is 0.189. The highest BCUT2D eigenvalue weighted by atomic mass is 32.1. The van der Waals surface area contributed by atoms with Crippen LogP contribution < -0.4 is 0 Å². The van der Waals surface area contributed by atoms with Crippen LogP contribution in [0.1, 0.15) is 24.6 Å². The summed E-state index contributed by atoms with van der Waals surface area (Å²) >= 11 is 1.68. The largest absolute Gasteiger partial charge is 0.395 e. The fourth-order valence-electron chi connectivity index (χ4n) is 1.33. The predicted octanol–water partition coefficient (Wildman–Crippen LogP) is 1.74. The first-order chi connectivity index (χ1) is 6.86. The molecule has 0 saturated carbocycles. The maximum atomic E-state index is 8.91. The van der Waals surface area contributed by atoms with Gasteiger partial charge in [0, 0.05) is 24.2 Å². The van der Waals surface area contributed by atoms with Crippen molar-refractivity contribution in [1.82, 2.24) is 9.88 Å².